The maximum atomic E-state index is 3.79. The predicted molar refractivity (Wildman–Crippen MR) is 80.2 cm³/mol. The molecular formula is C15H13BrS. The van der Waals surface area contributed by atoms with E-state index in [1.807, 2.05) is 23.9 Å². The zero-order valence-electron chi connectivity index (χ0n) is 9.40. The Labute approximate surface area is 115 Å². The monoisotopic (exact) mass is 304 g/mol. The summed E-state index contributed by atoms with van der Waals surface area (Å²) in [6.45, 7) is 3.79. The first kappa shape index (κ1) is 12.5. The van der Waals surface area contributed by atoms with Crippen molar-refractivity contribution < 1.29 is 0 Å². The number of halogens is 1. The molecule has 0 N–H and O–H groups in total. The fraction of sp³-hybridized carbons (Fsp3) is 0.0667. The fourth-order valence-corrected chi connectivity index (χ4v) is 2.98. The smallest absolute Gasteiger partial charge is 0.0232 e. The van der Waals surface area contributed by atoms with Gasteiger partial charge in [0.25, 0.3) is 0 Å². The molecular weight excluding hydrogens is 292 g/mol. The van der Waals surface area contributed by atoms with E-state index in [4.69, 9.17) is 0 Å². The molecule has 2 aromatic carbocycles. The van der Waals surface area contributed by atoms with Crippen LogP contribution in [0.2, 0.25) is 0 Å². The lowest BCUT2D eigenvalue weighted by molar-refractivity contribution is 1.37. The first-order chi connectivity index (χ1) is 8.28. The fourth-order valence-electron chi connectivity index (χ4n) is 1.53. The van der Waals surface area contributed by atoms with E-state index in [0.29, 0.717) is 0 Å². The van der Waals surface area contributed by atoms with Crippen molar-refractivity contribution in [3.8, 4) is 0 Å². The minimum atomic E-state index is 0.984. The summed E-state index contributed by atoms with van der Waals surface area (Å²) in [5.41, 5.74) is 2.50. The predicted octanol–water partition coefficient (Wildman–Crippen LogP) is 5.38. The highest BCUT2D eigenvalue weighted by Crippen LogP contribution is 2.25. The quantitative estimate of drug-likeness (QED) is 0.683. The van der Waals surface area contributed by atoms with Crippen molar-refractivity contribution in [1.82, 2.24) is 0 Å². The molecule has 0 atom stereocenters. The van der Waals surface area contributed by atoms with Crippen LogP contribution in [-0.4, -0.2) is 0 Å². The van der Waals surface area contributed by atoms with E-state index in [9.17, 15) is 0 Å². The van der Waals surface area contributed by atoms with Crippen LogP contribution in [0.15, 0.2) is 64.5 Å². The Hall–Kier alpha value is -0.990. The van der Waals surface area contributed by atoms with Gasteiger partial charge in [-0.25, -0.2) is 0 Å². The molecule has 0 aliphatic rings. The molecule has 0 saturated heterocycles. The summed E-state index contributed by atoms with van der Waals surface area (Å²) in [6.07, 6.45) is 1.88. The molecule has 17 heavy (non-hydrogen) atoms. The molecule has 2 rings (SSSR count). The molecule has 0 radical (unpaired) electrons. The van der Waals surface area contributed by atoms with E-state index in [0.717, 1.165) is 10.2 Å². The number of benzene rings is 2. The number of thioether (sulfide) groups is 1. The van der Waals surface area contributed by atoms with Gasteiger partial charge >= 0.3 is 0 Å². The number of hydrogen-bond acceptors (Lipinski definition) is 1. The van der Waals surface area contributed by atoms with Crippen LogP contribution in [0.3, 0.4) is 0 Å². The SMILES string of the molecule is C=Cc1cccc(CSc2cccc(Br)c2)c1. The molecule has 86 valence electrons. The van der Waals surface area contributed by atoms with Gasteiger partial charge in [0.05, 0.1) is 0 Å². The summed E-state index contributed by atoms with van der Waals surface area (Å²) in [4.78, 5) is 1.28. The van der Waals surface area contributed by atoms with Crippen molar-refractivity contribution in [2.24, 2.45) is 0 Å². The topological polar surface area (TPSA) is 0 Å². The summed E-state index contributed by atoms with van der Waals surface area (Å²) in [5.74, 6) is 0.984. The van der Waals surface area contributed by atoms with E-state index in [1.54, 1.807) is 0 Å². The van der Waals surface area contributed by atoms with Gasteiger partial charge in [-0.2, -0.15) is 0 Å². The Balaban J connectivity index is 2.04. The van der Waals surface area contributed by atoms with Crippen molar-refractivity contribution >= 4 is 33.8 Å². The van der Waals surface area contributed by atoms with Crippen LogP contribution >= 0.6 is 27.7 Å². The van der Waals surface area contributed by atoms with Gasteiger partial charge in [-0.3, -0.25) is 0 Å². The molecule has 0 bridgehead atoms. The first-order valence-corrected chi connectivity index (χ1v) is 7.15. The van der Waals surface area contributed by atoms with Crippen LogP contribution in [0, 0.1) is 0 Å². The molecule has 0 nitrogen and oxygen atoms in total. The average molecular weight is 305 g/mol. The van der Waals surface area contributed by atoms with Crippen LogP contribution in [0.25, 0.3) is 6.08 Å². The van der Waals surface area contributed by atoms with Gasteiger partial charge in [0.1, 0.15) is 0 Å². The van der Waals surface area contributed by atoms with Crippen LogP contribution in [0.4, 0.5) is 0 Å². The van der Waals surface area contributed by atoms with Gasteiger partial charge < -0.3 is 0 Å². The summed E-state index contributed by atoms with van der Waals surface area (Å²) >= 11 is 5.33. The van der Waals surface area contributed by atoms with Gasteiger partial charge in [0, 0.05) is 15.1 Å². The third-order valence-corrected chi connectivity index (χ3v) is 3.95. The molecule has 0 aliphatic heterocycles. The van der Waals surface area contributed by atoms with Crippen molar-refractivity contribution in [3.05, 3.63) is 70.7 Å². The number of hydrogen-bond donors (Lipinski definition) is 0. The number of rotatable bonds is 4. The minimum absolute atomic E-state index is 0.984. The molecule has 2 heteroatoms. The maximum Gasteiger partial charge on any atom is 0.0232 e. The van der Waals surface area contributed by atoms with Crippen LogP contribution in [-0.2, 0) is 5.75 Å². The van der Waals surface area contributed by atoms with E-state index in [-0.39, 0.29) is 0 Å². The molecule has 0 fully saturated rings. The zero-order valence-corrected chi connectivity index (χ0v) is 11.8. The Morgan fingerprint density at radius 3 is 2.71 bits per heavy atom. The maximum absolute atomic E-state index is 3.79. The van der Waals surface area contributed by atoms with Crippen molar-refractivity contribution in [2.45, 2.75) is 10.6 Å². The van der Waals surface area contributed by atoms with E-state index >= 15 is 0 Å². The first-order valence-electron chi connectivity index (χ1n) is 5.37. The van der Waals surface area contributed by atoms with Crippen molar-refractivity contribution in [1.29, 1.82) is 0 Å². The van der Waals surface area contributed by atoms with E-state index in [1.165, 1.54) is 16.0 Å². The van der Waals surface area contributed by atoms with E-state index < -0.39 is 0 Å². The lowest BCUT2D eigenvalue weighted by Crippen LogP contribution is -1.82. The van der Waals surface area contributed by atoms with Crippen molar-refractivity contribution in [2.75, 3.05) is 0 Å². The Bertz CT molecular complexity index is 520. The lowest BCUT2D eigenvalue weighted by Gasteiger charge is -2.03. The molecule has 2 aromatic rings. The van der Waals surface area contributed by atoms with Gasteiger partial charge in [0.2, 0.25) is 0 Å². The minimum Gasteiger partial charge on any atom is -0.121 e. The lowest BCUT2D eigenvalue weighted by atomic mass is 10.1. The Kier molecular flexibility index (Phi) is 4.46. The second-order valence-electron chi connectivity index (χ2n) is 3.70. The third kappa shape index (κ3) is 3.76. The van der Waals surface area contributed by atoms with Crippen LogP contribution < -0.4 is 0 Å². The molecule has 0 heterocycles. The van der Waals surface area contributed by atoms with Gasteiger partial charge in [-0.1, -0.05) is 58.9 Å². The Morgan fingerprint density at radius 1 is 1.12 bits per heavy atom. The summed E-state index contributed by atoms with van der Waals surface area (Å²) < 4.78 is 1.13. The second-order valence-corrected chi connectivity index (χ2v) is 5.66. The standard InChI is InChI=1S/C15H13BrS/c1-2-12-5-3-6-13(9-12)11-17-15-8-4-7-14(16)10-15/h2-10H,1,11H2. The van der Waals surface area contributed by atoms with Crippen LogP contribution in [0.1, 0.15) is 11.1 Å². The Morgan fingerprint density at radius 2 is 1.94 bits per heavy atom. The molecule has 0 spiro atoms. The highest BCUT2D eigenvalue weighted by molar-refractivity contribution is 9.10. The summed E-state index contributed by atoms with van der Waals surface area (Å²) in [5, 5.41) is 0. The normalized spacial score (nSPS) is 10.2. The van der Waals surface area contributed by atoms with Gasteiger partial charge in [-0.05, 0) is 29.3 Å². The zero-order chi connectivity index (χ0) is 12.1. The average Bonchev–Trinajstić information content (AvgIpc) is 2.37. The van der Waals surface area contributed by atoms with Gasteiger partial charge in [0.15, 0.2) is 0 Å². The van der Waals surface area contributed by atoms with Crippen LogP contribution in [0.5, 0.6) is 0 Å². The van der Waals surface area contributed by atoms with Gasteiger partial charge in [-0.15, -0.1) is 11.8 Å². The molecule has 0 aromatic heterocycles. The highest BCUT2D eigenvalue weighted by atomic mass is 79.9. The summed E-state index contributed by atoms with van der Waals surface area (Å²) in [6, 6.07) is 16.9. The molecule has 0 aliphatic carbocycles. The van der Waals surface area contributed by atoms with E-state index in [2.05, 4.69) is 65.0 Å². The second kappa shape index (κ2) is 6.08. The summed E-state index contributed by atoms with van der Waals surface area (Å²) in [7, 11) is 0. The van der Waals surface area contributed by atoms with Crippen molar-refractivity contribution in [3.63, 3.8) is 0 Å². The highest BCUT2D eigenvalue weighted by Gasteiger charge is 1.97. The molecule has 0 unspecified atom stereocenters. The largest absolute Gasteiger partial charge is 0.121 e. The molecule has 0 saturated carbocycles. The molecule has 0 amide bonds. The third-order valence-electron chi connectivity index (χ3n) is 2.39.